The van der Waals surface area contributed by atoms with E-state index in [0.29, 0.717) is 25.2 Å². The third kappa shape index (κ3) is 5.49. The minimum Gasteiger partial charge on any atom is -0.497 e. The highest BCUT2D eigenvalue weighted by Gasteiger charge is 2.21. The van der Waals surface area contributed by atoms with E-state index in [2.05, 4.69) is 10.2 Å². The number of hydrogen-bond donors (Lipinski definition) is 1. The molecule has 0 atom stereocenters. The van der Waals surface area contributed by atoms with Gasteiger partial charge in [0.25, 0.3) is 5.91 Å². The van der Waals surface area contributed by atoms with Gasteiger partial charge in [0.2, 0.25) is 5.91 Å². The Balaban J connectivity index is 1.29. The molecule has 0 bridgehead atoms. The summed E-state index contributed by atoms with van der Waals surface area (Å²) in [6.07, 6.45) is 0.375. The molecule has 2 amide bonds. The van der Waals surface area contributed by atoms with Gasteiger partial charge in [-0.1, -0.05) is 24.3 Å². The molecular weight excluding hydrogens is 421 g/mol. The van der Waals surface area contributed by atoms with Crippen molar-refractivity contribution in [3.05, 3.63) is 89.7 Å². The molecule has 0 unspecified atom stereocenters. The molecule has 0 spiro atoms. The minimum atomic E-state index is -0.550. The summed E-state index contributed by atoms with van der Waals surface area (Å²) in [6.45, 7) is 2.77. The first-order valence-electron chi connectivity index (χ1n) is 10.8. The first-order valence-corrected chi connectivity index (χ1v) is 10.8. The Morgan fingerprint density at radius 2 is 1.58 bits per heavy atom. The van der Waals surface area contributed by atoms with Crippen molar-refractivity contribution in [1.29, 1.82) is 0 Å². The number of hydrogen-bond acceptors (Lipinski definition) is 4. The second-order valence-corrected chi connectivity index (χ2v) is 7.87. The number of carbonyl (C=O) groups excluding carboxylic acids is 2. The number of piperazine rings is 1. The molecule has 1 aliphatic rings. The molecule has 0 saturated carbocycles. The third-order valence-electron chi connectivity index (χ3n) is 5.76. The maximum atomic E-state index is 13.8. The number of ether oxygens (including phenoxy) is 1. The molecule has 170 valence electrons. The van der Waals surface area contributed by atoms with Crippen LogP contribution in [0.1, 0.15) is 15.9 Å². The predicted molar refractivity (Wildman–Crippen MR) is 126 cm³/mol. The molecule has 1 heterocycles. The molecule has 0 radical (unpaired) electrons. The van der Waals surface area contributed by atoms with Crippen LogP contribution >= 0.6 is 0 Å². The summed E-state index contributed by atoms with van der Waals surface area (Å²) in [4.78, 5) is 29.0. The number of carbonyl (C=O) groups is 2. The minimum absolute atomic E-state index is 0.0111. The van der Waals surface area contributed by atoms with Crippen LogP contribution in [0.25, 0.3) is 0 Å². The normalized spacial score (nSPS) is 13.5. The Hall–Kier alpha value is -3.87. The summed E-state index contributed by atoms with van der Waals surface area (Å²) in [5, 5.41) is 2.72. The summed E-state index contributed by atoms with van der Waals surface area (Å²) in [6, 6.07) is 20.9. The fourth-order valence-electron chi connectivity index (χ4n) is 3.84. The zero-order chi connectivity index (χ0) is 23.2. The Kier molecular flexibility index (Phi) is 6.88. The van der Waals surface area contributed by atoms with E-state index in [-0.39, 0.29) is 11.5 Å². The lowest BCUT2D eigenvalue weighted by atomic mass is 10.1. The van der Waals surface area contributed by atoms with Crippen molar-refractivity contribution in [3.63, 3.8) is 0 Å². The van der Waals surface area contributed by atoms with Crippen LogP contribution < -0.4 is 15.0 Å². The van der Waals surface area contributed by atoms with Gasteiger partial charge in [-0.2, -0.15) is 0 Å². The molecule has 1 fully saturated rings. The topological polar surface area (TPSA) is 61.9 Å². The molecule has 33 heavy (non-hydrogen) atoms. The van der Waals surface area contributed by atoms with Gasteiger partial charge in [-0.05, 0) is 54.1 Å². The number of anilines is 2. The van der Waals surface area contributed by atoms with Gasteiger partial charge >= 0.3 is 0 Å². The molecule has 7 heteroatoms. The average Bonchev–Trinajstić information content (AvgIpc) is 2.85. The van der Waals surface area contributed by atoms with Crippen LogP contribution in [0.2, 0.25) is 0 Å². The molecule has 0 aromatic heterocycles. The van der Waals surface area contributed by atoms with Gasteiger partial charge in [-0.25, -0.2) is 4.39 Å². The van der Waals surface area contributed by atoms with Crippen LogP contribution in [0.5, 0.6) is 5.75 Å². The molecule has 0 aliphatic carbocycles. The molecule has 1 aliphatic heterocycles. The Labute approximate surface area is 192 Å². The SMILES string of the molecule is COc1ccc(CC(=O)N2CCN(c3ccc(NC(=O)c4ccccc4F)cc3)CC2)cc1. The standard InChI is InChI=1S/C26H26FN3O3/c1-33-22-12-6-19(7-13-22)18-25(31)30-16-14-29(15-17-30)21-10-8-20(9-11-21)28-26(32)23-4-2-3-5-24(23)27/h2-13H,14-18H2,1H3,(H,28,32). The molecule has 4 rings (SSSR count). The van der Waals surface area contributed by atoms with Crippen molar-refractivity contribution in [2.45, 2.75) is 6.42 Å². The number of rotatable bonds is 6. The first kappa shape index (κ1) is 22.3. The highest BCUT2D eigenvalue weighted by atomic mass is 19.1. The summed E-state index contributed by atoms with van der Waals surface area (Å²) < 4.78 is 18.9. The lowest BCUT2D eigenvalue weighted by molar-refractivity contribution is -0.130. The first-order chi connectivity index (χ1) is 16.0. The number of methoxy groups -OCH3 is 1. The van der Waals surface area contributed by atoms with E-state index in [9.17, 15) is 14.0 Å². The fourth-order valence-corrected chi connectivity index (χ4v) is 3.84. The van der Waals surface area contributed by atoms with Gasteiger partial charge in [0.15, 0.2) is 0 Å². The van der Waals surface area contributed by atoms with E-state index >= 15 is 0 Å². The Morgan fingerprint density at radius 3 is 2.21 bits per heavy atom. The van der Waals surface area contributed by atoms with Gasteiger partial charge < -0.3 is 19.9 Å². The molecule has 1 saturated heterocycles. The van der Waals surface area contributed by atoms with Crippen LogP contribution in [-0.4, -0.2) is 50.0 Å². The van der Waals surface area contributed by atoms with Gasteiger partial charge in [-0.15, -0.1) is 0 Å². The summed E-state index contributed by atoms with van der Waals surface area (Å²) in [7, 11) is 1.62. The smallest absolute Gasteiger partial charge is 0.258 e. The lowest BCUT2D eigenvalue weighted by Gasteiger charge is -2.36. The maximum absolute atomic E-state index is 13.8. The van der Waals surface area contributed by atoms with Gasteiger partial charge in [-0.3, -0.25) is 9.59 Å². The van der Waals surface area contributed by atoms with E-state index in [0.717, 1.165) is 30.1 Å². The van der Waals surface area contributed by atoms with Crippen LogP contribution in [0.4, 0.5) is 15.8 Å². The van der Waals surface area contributed by atoms with E-state index in [1.54, 1.807) is 31.4 Å². The highest BCUT2D eigenvalue weighted by molar-refractivity contribution is 6.04. The summed E-state index contributed by atoms with van der Waals surface area (Å²) >= 11 is 0. The van der Waals surface area contributed by atoms with Crippen molar-refractivity contribution < 1.29 is 18.7 Å². The van der Waals surface area contributed by atoms with Crippen LogP contribution in [0.15, 0.2) is 72.8 Å². The van der Waals surface area contributed by atoms with Crippen molar-refractivity contribution in [2.24, 2.45) is 0 Å². The number of nitrogens with one attached hydrogen (secondary N) is 1. The number of benzene rings is 3. The fraction of sp³-hybridized carbons (Fsp3) is 0.231. The Bertz CT molecular complexity index is 1110. The van der Waals surface area contributed by atoms with E-state index in [1.165, 1.54) is 12.1 Å². The molecule has 6 nitrogen and oxygen atoms in total. The van der Waals surface area contributed by atoms with E-state index in [4.69, 9.17) is 4.74 Å². The zero-order valence-electron chi connectivity index (χ0n) is 18.5. The van der Waals surface area contributed by atoms with Gasteiger partial charge in [0.05, 0.1) is 19.1 Å². The zero-order valence-corrected chi connectivity index (χ0v) is 18.5. The maximum Gasteiger partial charge on any atom is 0.258 e. The quantitative estimate of drug-likeness (QED) is 0.621. The largest absolute Gasteiger partial charge is 0.497 e. The van der Waals surface area contributed by atoms with Gasteiger partial charge in [0.1, 0.15) is 11.6 Å². The van der Waals surface area contributed by atoms with Crippen molar-refractivity contribution in [3.8, 4) is 5.75 Å². The van der Waals surface area contributed by atoms with Gasteiger partial charge in [0, 0.05) is 37.6 Å². The number of halogens is 1. The average molecular weight is 448 g/mol. The van der Waals surface area contributed by atoms with Crippen LogP contribution in [0.3, 0.4) is 0 Å². The number of amides is 2. The van der Waals surface area contributed by atoms with E-state index in [1.807, 2.05) is 41.3 Å². The molecular formula is C26H26FN3O3. The number of nitrogens with zero attached hydrogens (tertiary/aromatic N) is 2. The molecule has 3 aromatic rings. The second kappa shape index (κ2) is 10.2. The highest BCUT2D eigenvalue weighted by Crippen LogP contribution is 2.21. The summed E-state index contributed by atoms with van der Waals surface area (Å²) in [5.74, 6) is -0.139. The third-order valence-corrected chi connectivity index (χ3v) is 5.76. The van der Waals surface area contributed by atoms with Crippen LogP contribution in [0, 0.1) is 5.82 Å². The predicted octanol–water partition coefficient (Wildman–Crippen LogP) is 3.98. The molecule has 1 N–H and O–H groups in total. The monoisotopic (exact) mass is 447 g/mol. The van der Waals surface area contributed by atoms with Crippen LogP contribution in [-0.2, 0) is 11.2 Å². The van der Waals surface area contributed by atoms with Crippen molar-refractivity contribution in [2.75, 3.05) is 43.5 Å². The van der Waals surface area contributed by atoms with E-state index < -0.39 is 11.7 Å². The molecule has 3 aromatic carbocycles. The van der Waals surface area contributed by atoms with Crippen molar-refractivity contribution in [1.82, 2.24) is 4.90 Å². The lowest BCUT2D eigenvalue weighted by Crippen LogP contribution is -2.49. The second-order valence-electron chi connectivity index (χ2n) is 7.87. The van der Waals surface area contributed by atoms with Crippen molar-refractivity contribution >= 4 is 23.2 Å². The Morgan fingerprint density at radius 1 is 0.909 bits per heavy atom. The summed E-state index contributed by atoms with van der Waals surface area (Å²) in [5.41, 5.74) is 2.59.